The summed E-state index contributed by atoms with van der Waals surface area (Å²) in [6.45, 7) is 0. The van der Waals surface area contributed by atoms with Crippen LogP contribution in [0, 0.1) is 17.2 Å². The number of carbonyl (C=O) groups is 1. The van der Waals surface area contributed by atoms with Gasteiger partial charge in [0.25, 0.3) is 0 Å². The van der Waals surface area contributed by atoms with E-state index >= 15 is 0 Å². The Hall–Kier alpha value is -1.53. The van der Waals surface area contributed by atoms with Crippen LogP contribution in [-0.4, -0.2) is 5.91 Å². The number of carbonyl (C=O) groups excluding carboxylic acids is 1. The molecular formula is C11H9ClN2O. The van der Waals surface area contributed by atoms with Gasteiger partial charge in [-0.2, -0.15) is 5.26 Å². The molecule has 0 fully saturated rings. The van der Waals surface area contributed by atoms with Crippen molar-refractivity contribution in [3.63, 3.8) is 0 Å². The van der Waals surface area contributed by atoms with Gasteiger partial charge in [0.1, 0.15) is 0 Å². The Morgan fingerprint density at radius 2 is 2.40 bits per heavy atom. The molecule has 1 aromatic rings. The lowest BCUT2D eigenvalue weighted by molar-refractivity contribution is -0.120. The molecule has 76 valence electrons. The van der Waals surface area contributed by atoms with Gasteiger partial charge in [-0.1, -0.05) is 11.6 Å². The Morgan fingerprint density at radius 3 is 3.13 bits per heavy atom. The predicted octanol–water partition coefficient (Wildman–Crippen LogP) is 2.36. The maximum Gasteiger partial charge on any atom is 0.228 e. The normalized spacial score (nSPS) is 18.9. The van der Waals surface area contributed by atoms with Crippen LogP contribution in [0.25, 0.3) is 0 Å². The third kappa shape index (κ3) is 1.95. The second-order valence-electron chi connectivity index (χ2n) is 3.55. The molecule has 1 N–H and O–H groups in total. The number of benzene rings is 1. The number of nitriles is 1. The highest BCUT2D eigenvalue weighted by Crippen LogP contribution is 2.29. The standard InChI is InChI=1S/C11H9ClN2O/c12-9-1-2-10-8(6-9)5-7(3-4-13)11(15)14-10/h1-2,6-7H,3,5H2,(H,14,15). The number of hydrogen-bond donors (Lipinski definition) is 1. The van der Waals surface area contributed by atoms with Crippen LogP contribution in [0.15, 0.2) is 18.2 Å². The first kappa shape index (κ1) is 10.0. The maximum atomic E-state index is 11.5. The summed E-state index contributed by atoms with van der Waals surface area (Å²) in [5, 5.41) is 12.0. The molecule has 1 amide bonds. The van der Waals surface area contributed by atoms with E-state index in [0.717, 1.165) is 11.3 Å². The Bertz CT molecular complexity index is 450. The van der Waals surface area contributed by atoms with Gasteiger partial charge in [-0.15, -0.1) is 0 Å². The molecule has 0 radical (unpaired) electrons. The Labute approximate surface area is 92.7 Å². The topological polar surface area (TPSA) is 52.9 Å². The average Bonchev–Trinajstić information content (AvgIpc) is 2.20. The van der Waals surface area contributed by atoms with E-state index in [1.165, 1.54) is 0 Å². The SMILES string of the molecule is N#CCC1Cc2cc(Cl)ccc2NC1=O. The minimum absolute atomic E-state index is 0.0774. The third-order valence-corrected chi connectivity index (χ3v) is 2.74. The first-order valence-corrected chi connectivity index (χ1v) is 5.04. The summed E-state index contributed by atoms with van der Waals surface area (Å²) in [5.41, 5.74) is 1.81. The summed E-state index contributed by atoms with van der Waals surface area (Å²) in [6.07, 6.45) is 0.840. The molecule has 1 heterocycles. The minimum Gasteiger partial charge on any atom is -0.326 e. The van der Waals surface area contributed by atoms with Crippen LogP contribution in [0.2, 0.25) is 5.02 Å². The minimum atomic E-state index is -0.249. The Balaban J connectivity index is 2.31. The fourth-order valence-corrected chi connectivity index (χ4v) is 1.92. The highest BCUT2D eigenvalue weighted by atomic mass is 35.5. The molecule has 3 nitrogen and oxygen atoms in total. The fourth-order valence-electron chi connectivity index (χ4n) is 1.72. The zero-order valence-electron chi connectivity index (χ0n) is 7.96. The van der Waals surface area contributed by atoms with Crippen LogP contribution < -0.4 is 5.32 Å². The average molecular weight is 221 g/mol. The molecule has 1 atom stereocenters. The van der Waals surface area contributed by atoms with E-state index in [4.69, 9.17) is 16.9 Å². The van der Waals surface area contributed by atoms with Crippen molar-refractivity contribution in [3.8, 4) is 6.07 Å². The second kappa shape index (κ2) is 3.92. The lowest BCUT2D eigenvalue weighted by Gasteiger charge is -2.22. The zero-order valence-corrected chi connectivity index (χ0v) is 8.71. The molecule has 1 aromatic carbocycles. The molecule has 2 rings (SSSR count). The summed E-state index contributed by atoms with van der Waals surface area (Å²) in [6, 6.07) is 7.38. The van der Waals surface area contributed by atoms with Crippen molar-refractivity contribution in [3.05, 3.63) is 28.8 Å². The van der Waals surface area contributed by atoms with Crippen molar-refractivity contribution in [2.24, 2.45) is 5.92 Å². The lowest BCUT2D eigenvalue weighted by atomic mass is 9.91. The number of amides is 1. The number of nitrogens with zero attached hydrogens (tertiary/aromatic N) is 1. The number of halogens is 1. The molecule has 1 aliphatic rings. The summed E-state index contributed by atoms with van der Waals surface area (Å²) in [7, 11) is 0. The van der Waals surface area contributed by atoms with Gasteiger partial charge < -0.3 is 5.32 Å². The molecule has 1 aliphatic heterocycles. The second-order valence-corrected chi connectivity index (χ2v) is 3.99. The molecule has 4 heteroatoms. The highest BCUT2D eigenvalue weighted by Gasteiger charge is 2.25. The molecule has 1 unspecified atom stereocenters. The monoisotopic (exact) mass is 220 g/mol. The van der Waals surface area contributed by atoms with Gasteiger partial charge >= 0.3 is 0 Å². The molecule has 0 spiro atoms. The number of anilines is 1. The Morgan fingerprint density at radius 1 is 1.60 bits per heavy atom. The van der Waals surface area contributed by atoms with E-state index in [-0.39, 0.29) is 18.2 Å². The van der Waals surface area contributed by atoms with Gasteiger partial charge in [0.15, 0.2) is 0 Å². The first-order valence-electron chi connectivity index (χ1n) is 4.67. The van der Waals surface area contributed by atoms with E-state index in [9.17, 15) is 4.79 Å². The summed E-state index contributed by atoms with van der Waals surface area (Å²) in [5.74, 6) is -0.327. The van der Waals surface area contributed by atoms with Crippen molar-refractivity contribution in [2.75, 3.05) is 5.32 Å². The van der Waals surface area contributed by atoms with E-state index < -0.39 is 0 Å². The molecule has 0 aliphatic carbocycles. The fraction of sp³-hybridized carbons (Fsp3) is 0.273. The molecule has 15 heavy (non-hydrogen) atoms. The Kier molecular flexibility index (Phi) is 2.61. The van der Waals surface area contributed by atoms with Crippen LogP contribution in [0.3, 0.4) is 0 Å². The van der Waals surface area contributed by atoms with Crippen LogP contribution in [0.1, 0.15) is 12.0 Å². The van der Waals surface area contributed by atoms with E-state index in [1.54, 1.807) is 12.1 Å². The van der Waals surface area contributed by atoms with E-state index in [0.29, 0.717) is 11.4 Å². The van der Waals surface area contributed by atoms with Gasteiger partial charge in [0.05, 0.1) is 12.0 Å². The molecule has 0 saturated carbocycles. The van der Waals surface area contributed by atoms with Gasteiger partial charge in [-0.05, 0) is 30.2 Å². The summed E-state index contributed by atoms with van der Waals surface area (Å²) < 4.78 is 0. The largest absolute Gasteiger partial charge is 0.326 e. The van der Waals surface area contributed by atoms with Gasteiger partial charge in [-0.3, -0.25) is 4.79 Å². The molecule has 0 saturated heterocycles. The molecular weight excluding hydrogens is 212 g/mol. The van der Waals surface area contributed by atoms with Crippen molar-refractivity contribution in [2.45, 2.75) is 12.8 Å². The highest BCUT2D eigenvalue weighted by molar-refractivity contribution is 6.30. The quantitative estimate of drug-likeness (QED) is 0.790. The van der Waals surface area contributed by atoms with Gasteiger partial charge in [0, 0.05) is 17.1 Å². The van der Waals surface area contributed by atoms with Crippen molar-refractivity contribution >= 4 is 23.2 Å². The number of fused-ring (bicyclic) bond motifs is 1. The lowest BCUT2D eigenvalue weighted by Crippen LogP contribution is -2.29. The van der Waals surface area contributed by atoms with Crippen LogP contribution in [-0.2, 0) is 11.2 Å². The summed E-state index contributed by atoms with van der Waals surface area (Å²) >= 11 is 5.86. The van der Waals surface area contributed by atoms with E-state index in [1.807, 2.05) is 12.1 Å². The predicted molar refractivity (Wildman–Crippen MR) is 57.5 cm³/mol. The van der Waals surface area contributed by atoms with Crippen molar-refractivity contribution in [1.82, 2.24) is 0 Å². The molecule has 0 aromatic heterocycles. The number of hydrogen-bond acceptors (Lipinski definition) is 2. The van der Waals surface area contributed by atoms with E-state index in [2.05, 4.69) is 5.32 Å². The molecule has 0 bridgehead atoms. The smallest absolute Gasteiger partial charge is 0.228 e. The van der Waals surface area contributed by atoms with Gasteiger partial charge in [-0.25, -0.2) is 0 Å². The number of rotatable bonds is 1. The summed E-state index contributed by atoms with van der Waals surface area (Å²) in [4.78, 5) is 11.5. The zero-order chi connectivity index (χ0) is 10.8. The van der Waals surface area contributed by atoms with Crippen LogP contribution >= 0.6 is 11.6 Å². The number of nitrogens with one attached hydrogen (secondary N) is 1. The third-order valence-electron chi connectivity index (χ3n) is 2.50. The first-order chi connectivity index (χ1) is 7.20. The maximum absolute atomic E-state index is 11.5. The van der Waals surface area contributed by atoms with Crippen LogP contribution in [0.4, 0.5) is 5.69 Å². The van der Waals surface area contributed by atoms with Crippen molar-refractivity contribution in [1.29, 1.82) is 5.26 Å². The van der Waals surface area contributed by atoms with Crippen molar-refractivity contribution < 1.29 is 4.79 Å². The van der Waals surface area contributed by atoms with Gasteiger partial charge in [0.2, 0.25) is 5.91 Å². The van der Waals surface area contributed by atoms with Crippen LogP contribution in [0.5, 0.6) is 0 Å².